The van der Waals surface area contributed by atoms with Gasteiger partial charge >= 0.3 is 0 Å². The van der Waals surface area contributed by atoms with Crippen LogP contribution in [-0.2, 0) is 19.4 Å². The first-order valence-corrected chi connectivity index (χ1v) is 7.41. The molecule has 0 spiro atoms. The van der Waals surface area contributed by atoms with Crippen molar-refractivity contribution in [2.45, 2.75) is 19.4 Å². The molecule has 3 nitrogen and oxygen atoms in total. The van der Waals surface area contributed by atoms with Gasteiger partial charge in [-0.3, -0.25) is 4.98 Å². The van der Waals surface area contributed by atoms with Crippen molar-refractivity contribution < 1.29 is 4.39 Å². The van der Waals surface area contributed by atoms with Crippen molar-refractivity contribution in [1.29, 1.82) is 0 Å². The average Bonchev–Trinajstić information content (AvgIpc) is 2.86. The highest BCUT2D eigenvalue weighted by atomic mass is 35.5. The fourth-order valence-electron chi connectivity index (χ4n) is 2.47. The second kappa shape index (κ2) is 6.22. The Kier molecular flexibility index (Phi) is 4.15. The van der Waals surface area contributed by atoms with Crippen LogP contribution in [0, 0.1) is 5.82 Å². The van der Waals surface area contributed by atoms with Crippen molar-refractivity contribution in [2.75, 3.05) is 5.88 Å². The smallest absolute Gasteiger partial charge is 0.151 e. The summed E-state index contributed by atoms with van der Waals surface area (Å²) in [4.78, 5) is 8.52. The van der Waals surface area contributed by atoms with Crippen LogP contribution in [0.3, 0.4) is 0 Å². The van der Waals surface area contributed by atoms with Gasteiger partial charge in [-0.2, -0.15) is 0 Å². The third kappa shape index (κ3) is 2.90. The number of nitrogens with zero attached hydrogens (tertiary/aromatic N) is 3. The summed E-state index contributed by atoms with van der Waals surface area (Å²) in [6.07, 6.45) is 5.05. The summed E-state index contributed by atoms with van der Waals surface area (Å²) in [5.41, 5.74) is 2.38. The molecule has 108 valence electrons. The molecular weight excluding hydrogens is 289 g/mol. The first kappa shape index (κ1) is 14.0. The minimum absolute atomic E-state index is 0.288. The van der Waals surface area contributed by atoms with Crippen LogP contribution in [0.15, 0.2) is 42.7 Å². The molecule has 0 radical (unpaired) electrons. The maximum absolute atomic E-state index is 13.9. The Labute approximate surface area is 127 Å². The number of pyridine rings is 1. The van der Waals surface area contributed by atoms with Gasteiger partial charge in [0.15, 0.2) is 5.82 Å². The second-order valence-electron chi connectivity index (χ2n) is 4.84. The molecule has 0 aliphatic rings. The standard InChI is InChI=1S/C16H15ClFN3/c17-8-6-15-20-16-13(18)4-1-5-14(16)21(15)10-7-12-3-2-9-19-11-12/h1-5,9,11H,6-8,10H2. The molecule has 2 aromatic heterocycles. The number of aryl methyl sites for hydroxylation is 3. The summed E-state index contributed by atoms with van der Waals surface area (Å²) in [5.74, 6) is 1.01. The summed E-state index contributed by atoms with van der Waals surface area (Å²) in [7, 11) is 0. The van der Waals surface area contributed by atoms with E-state index in [1.807, 2.05) is 29.0 Å². The molecule has 0 atom stereocenters. The molecule has 3 rings (SSSR count). The number of imidazole rings is 1. The van der Waals surface area contributed by atoms with E-state index in [0.29, 0.717) is 17.8 Å². The quantitative estimate of drug-likeness (QED) is 0.674. The fourth-order valence-corrected chi connectivity index (χ4v) is 2.64. The molecular formula is C16H15ClFN3. The molecule has 3 aromatic rings. The van der Waals surface area contributed by atoms with Crippen LogP contribution < -0.4 is 0 Å². The molecule has 2 heterocycles. The lowest BCUT2D eigenvalue weighted by Crippen LogP contribution is -2.07. The van der Waals surface area contributed by atoms with Crippen LogP contribution in [-0.4, -0.2) is 20.4 Å². The Morgan fingerprint density at radius 1 is 1.14 bits per heavy atom. The molecule has 1 aromatic carbocycles. The van der Waals surface area contributed by atoms with E-state index in [0.717, 1.165) is 29.9 Å². The van der Waals surface area contributed by atoms with Gasteiger partial charge < -0.3 is 4.57 Å². The van der Waals surface area contributed by atoms with Crippen molar-refractivity contribution >= 4 is 22.6 Å². The Hall–Kier alpha value is -1.94. The predicted octanol–water partition coefficient (Wildman–Crippen LogP) is 3.59. The summed E-state index contributed by atoms with van der Waals surface area (Å²) in [6.45, 7) is 0.734. The van der Waals surface area contributed by atoms with Gasteiger partial charge in [-0.25, -0.2) is 9.37 Å². The largest absolute Gasteiger partial charge is 0.328 e. The summed E-state index contributed by atoms with van der Waals surface area (Å²) in [6, 6.07) is 9.00. The number of benzene rings is 1. The Bertz CT molecular complexity index is 740. The summed E-state index contributed by atoms with van der Waals surface area (Å²) >= 11 is 5.84. The van der Waals surface area contributed by atoms with Crippen LogP contribution in [0.2, 0.25) is 0 Å². The maximum atomic E-state index is 13.9. The van der Waals surface area contributed by atoms with Gasteiger partial charge in [0.1, 0.15) is 11.3 Å². The zero-order valence-electron chi connectivity index (χ0n) is 11.5. The summed E-state index contributed by atoms with van der Waals surface area (Å²) in [5, 5.41) is 0. The van der Waals surface area contributed by atoms with Crippen molar-refractivity contribution in [1.82, 2.24) is 14.5 Å². The average molecular weight is 304 g/mol. The monoisotopic (exact) mass is 303 g/mol. The molecule has 0 bridgehead atoms. The fraction of sp³-hybridized carbons (Fsp3) is 0.250. The third-order valence-corrected chi connectivity index (χ3v) is 3.66. The van der Waals surface area contributed by atoms with Crippen LogP contribution in [0.5, 0.6) is 0 Å². The van der Waals surface area contributed by atoms with Crippen LogP contribution in [0.1, 0.15) is 11.4 Å². The SMILES string of the molecule is Fc1cccc2c1nc(CCCl)n2CCc1cccnc1. The maximum Gasteiger partial charge on any atom is 0.151 e. The highest BCUT2D eigenvalue weighted by molar-refractivity contribution is 6.17. The lowest BCUT2D eigenvalue weighted by molar-refractivity contribution is 0.637. The first-order valence-electron chi connectivity index (χ1n) is 6.88. The van der Waals surface area contributed by atoms with E-state index in [4.69, 9.17) is 11.6 Å². The second-order valence-corrected chi connectivity index (χ2v) is 5.22. The number of halogens is 2. The molecule has 0 saturated heterocycles. The highest BCUT2D eigenvalue weighted by Crippen LogP contribution is 2.20. The third-order valence-electron chi connectivity index (χ3n) is 3.47. The van der Waals surface area contributed by atoms with E-state index >= 15 is 0 Å². The number of rotatable bonds is 5. The number of hydrogen-bond acceptors (Lipinski definition) is 2. The van der Waals surface area contributed by atoms with E-state index < -0.39 is 0 Å². The lowest BCUT2D eigenvalue weighted by Gasteiger charge is -2.08. The number of alkyl halides is 1. The predicted molar refractivity (Wildman–Crippen MR) is 82.1 cm³/mol. The molecule has 21 heavy (non-hydrogen) atoms. The van der Waals surface area contributed by atoms with Crippen molar-refractivity contribution in [2.24, 2.45) is 0 Å². The van der Waals surface area contributed by atoms with Crippen LogP contribution in [0.25, 0.3) is 11.0 Å². The topological polar surface area (TPSA) is 30.7 Å². The zero-order chi connectivity index (χ0) is 14.7. The van der Waals surface area contributed by atoms with E-state index in [-0.39, 0.29) is 5.82 Å². The van der Waals surface area contributed by atoms with Gasteiger partial charge in [0.25, 0.3) is 0 Å². The Balaban J connectivity index is 1.95. The minimum Gasteiger partial charge on any atom is -0.328 e. The molecule has 0 aliphatic carbocycles. The van der Waals surface area contributed by atoms with Gasteiger partial charge in [-0.1, -0.05) is 12.1 Å². The van der Waals surface area contributed by atoms with Gasteiger partial charge in [-0.05, 0) is 30.2 Å². The van der Waals surface area contributed by atoms with Crippen molar-refractivity contribution in [3.63, 3.8) is 0 Å². The number of aromatic nitrogens is 3. The van der Waals surface area contributed by atoms with E-state index in [2.05, 4.69) is 9.97 Å². The number of hydrogen-bond donors (Lipinski definition) is 0. The number of para-hydroxylation sites is 1. The van der Waals surface area contributed by atoms with Gasteiger partial charge in [0.05, 0.1) is 5.52 Å². The van der Waals surface area contributed by atoms with Gasteiger partial charge in [0, 0.05) is 31.2 Å². The highest BCUT2D eigenvalue weighted by Gasteiger charge is 2.13. The van der Waals surface area contributed by atoms with Crippen LogP contribution in [0.4, 0.5) is 4.39 Å². The van der Waals surface area contributed by atoms with Crippen LogP contribution >= 0.6 is 11.6 Å². The molecule has 5 heteroatoms. The first-order chi connectivity index (χ1) is 10.3. The normalized spacial score (nSPS) is 11.1. The Morgan fingerprint density at radius 2 is 2.05 bits per heavy atom. The molecule has 0 unspecified atom stereocenters. The molecule has 0 fully saturated rings. The van der Waals surface area contributed by atoms with E-state index in [1.165, 1.54) is 6.07 Å². The van der Waals surface area contributed by atoms with E-state index in [9.17, 15) is 4.39 Å². The molecule has 0 amide bonds. The molecule has 0 aliphatic heterocycles. The minimum atomic E-state index is -0.288. The van der Waals surface area contributed by atoms with Crippen molar-refractivity contribution in [3.05, 3.63) is 59.9 Å². The zero-order valence-corrected chi connectivity index (χ0v) is 12.2. The molecule has 0 saturated carbocycles. The number of fused-ring (bicyclic) bond motifs is 1. The Morgan fingerprint density at radius 3 is 2.81 bits per heavy atom. The van der Waals surface area contributed by atoms with E-state index in [1.54, 1.807) is 12.3 Å². The van der Waals surface area contributed by atoms with Gasteiger partial charge in [-0.15, -0.1) is 11.6 Å². The summed E-state index contributed by atoms with van der Waals surface area (Å²) < 4.78 is 15.9. The van der Waals surface area contributed by atoms with Gasteiger partial charge in [0.2, 0.25) is 0 Å². The molecule has 0 N–H and O–H groups in total. The van der Waals surface area contributed by atoms with Crippen molar-refractivity contribution in [3.8, 4) is 0 Å². The lowest BCUT2D eigenvalue weighted by atomic mass is 10.2.